The Hall–Kier alpha value is -0.480. The topological polar surface area (TPSA) is 55.1 Å². The Morgan fingerprint density at radius 3 is 2.30 bits per heavy atom. The third-order valence-electron chi connectivity index (χ3n) is 3.50. The number of hydrogen-bond acceptors (Lipinski definition) is 2. The molecule has 20 heavy (non-hydrogen) atoms. The zero-order valence-electron chi connectivity index (χ0n) is 11.7. The number of carbonyl (C=O) groups is 1. The van der Waals surface area contributed by atoms with Gasteiger partial charge >= 0.3 is 0 Å². The summed E-state index contributed by atoms with van der Waals surface area (Å²) >= 11 is 11.8. The Morgan fingerprint density at radius 2 is 1.85 bits per heavy atom. The van der Waals surface area contributed by atoms with Crippen LogP contribution in [0.1, 0.15) is 32.3 Å². The summed E-state index contributed by atoms with van der Waals surface area (Å²) < 4.78 is 0. The molecule has 0 bridgehead atoms. The molecule has 0 atom stereocenters. The van der Waals surface area contributed by atoms with Gasteiger partial charge in [-0.15, -0.1) is 12.4 Å². The van der Waals surface area contributed by atoms with Crippen LogP contribution in [0.2, 0.25) is 10.0 Å². The second-order valence-corrected chi connectivity index (χ2v) is 5.48. The molecule has 1 rings (SSSR count). The van der Waals surface area contributed by atoms with Gasteiger partial charge in [-0.3, -0.25) is 4.79 Å². The number of halogens is 3. The molecule has 1 aromatic carbocycles. The van der Waals surface area contributed by atoms with E-state index in [1.165, 1.54) is 0 Å². The Bertz CT molecular complexity index is 440. The summed E-state index contributed by atoms with van der Waals surface area (Å²) in [6, 6.07) is 5.21. The molecule has 114 valence electrons. The van der Waals surface area contributed by atoms with Crippen LogP contribution < -0.4 is 11.1 Å². The predicted molar refractivity (Wildman–Crippen MR) is 87.9 cm³/mol. The van der Waals surface area contributed by atoms with Crippen LogP contribution in [0.25, 0.3) is 0 Å². The fourth-order valence-corrected chi connectivity index (χ4v) is 2.26. The highest BCUT2D eigenvalue weighted by Gasteiger charge is 2.26. The number of benzene rings is 1. The summed E-state index contributed by atoms with van der Waals surface area (Å²) in [5.41, 5.74) is 6.29. The van der Waals surface area contributed by atoms with Gasteiger partial charge in [-0.25, -0.2) is 0 Å². The van der Waals surface area contributed by atoms with Crippen molar-refractivity contribution in [2.24, 2.45) is 5.73 Å². The van der Waals surface area contributed by atoms with Gasteiger partial charge < -0.3 is 11.1 Å². The van der Waals surface area contributed by atoms with Gasteiger partial charge in [0.15, 0.2) is 0 Å². The Morgan fingerprint density at radius 1 is 1.25 bits per heavy atom. The van der Waals surface area contributed by atoms with Crippen LogP contribution in [-0.4, -0.2) is 18.0 Å². The number of nitrogens with two attached hydrogens (primary N) is 1. The van der Waals surface area contributed by atoms with E-state index in [1.54, 1.807) is 18.2 Å². The van der Waals surface area contributed by atoms with Crippen molar-refractivity contribution in [3.05, 3.63) is 33.8 Å². The first-order chi connectivity index (χ1) is 8.96. The summed E-state index contributed by atoms with van der Waals surface area (Å²) in [5.74, 6) is -0.0486. The maximum Gasteiger partial charge on any atom is 0.224 e. The average molecular weight is 340 g/mol. The SMILES string of the molecule is CCC(CC)(CN)NC(=O)Cc1ccc(Cl)c(Cl)c1.Cl. The molecule has 0 radical (unpaired) electrons. The minimum absolute atomic E-state index is 0. The van der Waals surface area contributed by atoms with E-state index >= 15 is 0 Å². The smallest absolute Gasteiger partial charge is 0.224 e. The number of nitrogens with one attached hydrogen (secondary N) is 1. The number of rotatable bonds is 6. The van der Waals surface area contributed by atoms with E-state index < -0.39 is 0 Å². The van der Waals surface area contributed by atoms with Crippen molar-refractivity contribution in [2.75, 3.05) is 6.54 Å². The first-order valence-corrected chi connectivity index (χ1v) is 7.17. The fraction of sp³-hybridized carbons (Fsp3) is 0.500. The maximum absolute atomic E-state index is 12.1. The van der Waals surface area contributed by atoms with Gasteiger partial charge in [0.05, 0.1) is 22.0 Å². The Balaban J connectivity index is 0.00000361. The molecular formula is C14H21Cl3N2O. The zero-order chi connectivity index (χ0) is 14.5. The van der Waals surface area contributed by atoms with E-state index in [9.17, 15) is 4.79 Å². The van der Waals surface area contributed by atoms with Crippen LogP contribution >= 0.6 is 35.6 Å². The monoisotopic (exact) mass is 338 g/mol. The summed E-state index contributed by atoms with van der Waals surface area (Å²) in [7, 11) is 0. The summed E-state index contributed by atoms with van der Waals surface area (Å²) in [5, 5.41) is 3.97. The lowest BCUT2D eigenvalue weighted by Gasteiger charge is -2.31. The highest BCUT2D eigenvalue weighted by Crippen LogP contribution is 2.23. The molecular weight excluding hydrogens is 319 g/mol. The molecule has 0 unspecified atom stereocenters. The van der Waals surface area contributed by atoms with E-state index in [2.05, 4.69) is 5.32 Å². The zero-order valence-corrected chi connectivity index (χ0v) is 14.0. The van der Waals surface area contributed by atoms with Gasteiger partial charge in [0.25, 0.3) is 0 Å². The normalized spacial score (nSPS) is 10.8. The number of carbonyl (C=O) groups excluding carboxylic acids is 1. The number of hydrogen-bond donors (Lipinski definition) is 2. The fourth-order valence-electron chi connectivity index (χ4n) is 1.94. The second-order valence-electron chi connectivity index (χ2n) is 4.66. The van der Waals surface area contributed by atoms with Crippen LogP contribution in [0.4, 0.5) is 0 Å². The van der Waals surface area contributed by atoms with Crippen molar-refractivity contribution in [3.8, 4) is 0 Å². The lowest BCUT2D eigenvalue weighted by atomic mass is 9.92. The van der Waals surface area contributed by atoms with Gasteiger partial charge in [0, 0.05) is 6.54 Å². The van der Waals surface area contributed by atoms with Gasteiger partial charge in [0.2, 0.25) is 5.91 Å². The summed E-state index contributed by atoms with van der Waals surface area (Å²) in [6.45, 7) is 4.48. The van der Waals surface area contributed by atoms with E-state index in [4.69, 9.17) is 28.9 Å². The minimum atomic E-state index is -0.312. The predicted octanol–water partition coefficient (Wildman–Crippen LogP) is 3.59. The number of amides is 1. The van der Waals surface area contributed by atoms with Crippen LogP contribution in [0, 0.1) is 0 Å². The second kappa shape index (κ2) is 8.73. The molecule has 0 saturated heterocycles. The minimum Gasteiger partial charge on any atom is -0.349 e. The molecule has 0 spiro atoms. The molecule has 6 heteroatoms. The lowest BCUT2D eigenvalue weighted by molar-refractivity contribution is -0.122. The van der Waals surface area contributed by atoms with Crippen molar-refractivity contribution < 1.29 is 4.79 Å². The van der Waals surface area contributed by atoms with E-state index in [0.29, 0.717) is 16.6 Å². The first-order valence-electron chi connectivity index (χ1n) is 6.41. The molecule has 3 N–H and O–H groups in total. The lowest BCUT2D eigenvalue weighted by Crippen LogP contribution is -2.53. The highest BCUT2D eigenvalue weighted by molar-refractivity contribution is 6.42. The third-order valence-corrected chi connectivity index (χ3v) is 4.24. The molecule has 0 fully saturated rings. The van der Waals surface area contributed by atoms with E-state index in [1.807, 2.05) is 13.8 Å². The van der Waals surface area contributed by atoms with E-state index in [0.717, 1.165) is 18.4 Å². The van der Waals surface area contributed by atoms with Crippen LogP contribution in [-0.2, 0) is 11.2 Å². The van der Waals surface area contributed by atoms with E-state index in [-0.39, 0.29) is 30.3 Å². The van der Waals surface area contributed by atoms with Crippen molar-refractivity contribution >= 4 is 41.5 Å². The van der Waals surface area contributed by atoms with Crippen LogP contribution in [0.15, 0.2) is 18.2 Å². The molecule has 0 aliphatic rings. The first kappa shape index (κ1) is 19.5. The van der Waals surface area contributed by atoms with Crippen molar-refractivity contribution in [2.45, 2.75) is 38.6 Å². The van der Waals surface area contributed by atoms with Crippen molar-refractivity contribution in [1.82, 2.24) is 5.32 Å². The van der Waals surface area contributed by atoms with Crippen LogP contribution in [0.5, 0.6) is 0 Å². The quantitative estimate of drug-likeness (QED) is 0.832. The summed E-state index contributed by atoms with van der Waals surface area (Å²) in [4.78, 5) is 12.1. The molecule has 1 amide bonds. The molecule has 3 nitrogen and oxygen atoms in total. The summed E-state index contributed by atoms with van der Waals surface area (Å²) in [6.07, 6.45) is 1.90. The van der Waals surface area contributed by atoms with Crippen LogP contribution in [0.3, 0.4) is 0 Å². The molecule has 0 aliphatic heterocycles. The van der Waals surface area contributed by atoms with Gasteiger partial charge in [0.1, 0.15) is 0 Å². The van der Waals surface area contributed by atoms with Gasteiger partial charge in [-0.1, -0.05) is 43.1 Å². The molecule has 0 heterocycles. The molecule has 0 saturated carbocycles. The largest absolute Gasteiger partial charge is 0.349 e. The Kier molecular flexibility index (Phi) is 8.52. The Labute approximate surface area is 136 Å². The van der Waals surface area contributed by atoms with Gasteiger partial charge in [-0.2, -0.15) is 0 Å². The average Bonchev–Trinajstić information content (AvgIpc) is 2.40. The highest BCUT2D eigenvalue weighted by atomic mass is 35.5. The van der Waals surface area contributed by atoms with Crippen molar-refractivity contribution in [1.29, 1.82) is 0 Å². The molecule has 0 aromatic heterocycles. The van der Waals surface area contributed by atoms with Gasteiger partial charge in [-0.05, 0) is 30.5 Å². The molecule has 0 aliphatic carbocycles. The maximum atomic E-state index is 12.1. The van der Waals surface area contributed by atoms with Crippen molar-refractivity contribution in [3.63, 3.8) is 0 Å². The molecule has 1 aromatic rings. The standard InChI is InChI=1S/C14H20Cl2N2O.ClH/c1-3-14(4-2,9-17)18-13(19)8-10-5-6-11(15)12(16)7-10;/h5-7H,3-4,8-9,17H2,1-2H3,(H,18,19);1H. The third kappa shape index (κ3) is 5.13.